The lowest BCUT2D eigenvalue weighted by molar-refractivity contribution is -0.385. The van der Waals surface area contributed by atoms with E-state index >= 15 is 0 Å². The predicted octanol–water partition coefficient (Wildman–Crippen LogP) is 3.66. The van der Waals surface area contributed by atoms with E-state index in [1.807, 2.05) is 0 Å². The molecule has 1 aliphatic heterocycles. The Morgan fingerprint density at radius 1 is 0.970 bits per heavy atom. The number of ether oxygens (including phenoxy) is 2. The largest absolute Gasteiger partial charge is 0.497 e. The maximum absolute atomic E-state index is 12.9. The number of fused-ring (bicyclic) bond motifs is 1. The van der Waals surface area contributed by atoms with Crippen LogP contribution in [0.2, 0.25) is 0 Å². The van der Waals surface area contributed by atoms with E-state index in [0.29, 0.717) is 17.2 Å². The number of rotatable bonds is 6. The van der Waals surface area contributed by atoms with Crippen molar-refractivity contribution in [1.29, 1.82) is 0 Å². The average molecular weight is 447 g/mol. The Morgan fingerprint density at radius 2 is 1.73 bits per heavy atom. The second kappa shape index (κ2) is 8.42. The van der Waals surface area contributed by atoms with Crippen LogP contribution < -0.4 is 19.7 Å². The van der Waals surface area contributed by atoms with Crippen molar-refractivity contribution in [3.05, 3.63) is 87.5 Å². The molecule has 3 amide bonds. The van der Waals surface area contributed by atoms with Crippen molar-refractivity contribution in [3.63, 3.8) is 0 Å². The van der Waals surface area contributed by atoms with Crippen LogP contribution >= 0.6 is 0 Å². The summed E-state index contributed by atoms with van der Waals surface area (Å²) in [5, 5.41) is 14.0. The van der Waals surface area contributed by atoms with E-state index in [-0.39, 0.29) is 22.4 Å². The molecule has 0 saturated heterocycles. The van der Waals surface area contributed by atoms with Gasteiger partial charge in [-0.15, -0.1) is 0 Å². The molecule has 10 nitrogen and oxygen atoms in total. The minimum atomic E-state index is -0.825. The van der Waals surface area contributed by atoms with Gasteiger partial charge in [-0.2, -0.15) is 0 Å². The molecular weight excluding hydrogens is 430 g/mol. The maximum Gasteiger partial charge on any atom is 0.283 e. The van der Waals surface area contributed by atoms with Crippen LogP contribution in [0.15, 0.2) is 60.7 Å². The van der Waals surface area contributed by atoms with E-state index < -0.39 is 28.3 Å². The van der Waals surface area contributed by atoms with Crippen molar-refractivity contribution in [2.24, 2.45) is 0 Å². The Kier molecular flexibility index (Phi) is 5.49. The fraction of sp³-hybridized carbons (Fsp3) is 0.0870. The standard InChI is InChI=1S/C23H17N3O7/c1-32-15-9-10-19(33-2)17(12-15)24-21(27)13-5-3-6-14(11-13)25-22(28)16-7-4-8-18(26(30)31)20(16)23(25)29/h3-12H,1-2H3,(H,24,27). The van der Waals surface area contributed by atoms with E-state index in [2.05, 4.69) is 5.32 Å². The molecule has 0 spiro atoms. The molecule has 0 atom stereocenters. The summed E-state index contributed by atoms with van der Waals surface area (Å²) in [6, 6.07) is 14.6. The molecule has 0 aliphatic carbocycles. The van der Waals surface area contributed by atoms with Gasteiger partial charge in [0.05, 0.1) is 36.1 Å². The molecule has 0 aromatic heterocycles. The highest BCUT2D eigenvalue weighted by atomic mass is 16.6. The van der Waals surface area contributed by atoms with E-state index in [4.69, 9.17) is 9.47 Å². The van der Waals surface area contributed by atoms with Gasteiger partial charge in [-0.3, -0.25) is 24.5 Å². The van der Waals surface area contributed by atoms with Crippen LogP contribution in [0.1, 0.15) is 31.1 Å². The monoisotopic (exact) mass is 447 g/mol. The van der Waals surface area contributed by atoms with Gasteiger partial charge in [0.25, 0.3) is 23.4 Å². The molecule has 0 bridgehead atoms. The topological polar surface area (TPSA) is 128 Å². The molecule has 0 unspecified atom stereocenters. The second-order valence-corrected chi connectivity index (χ2v) is 6.97. The van der Waals surface area contributed by atoms with Crippen molar-refractivity contribution in [1.82, 2.24) is 0 Å². The lowest BCUT2D eigenvalue weighted by atomic mass is 10.1. The number of nitro groups is 1. The van der Waals surface area contributed by atoms with Gasteiger partial charge in [0.15, 0.2) is 0 Å². The first-order chi connectivity index (χ1) is 15.8. The Balaban J connectivity index is 1.66. The summed E-state index contributed by atoms with van der Waals surface area (Å²) in [4.78, 5) is 50.1. The van der Waals surface area contributed by atoms with Crippen LogP contribution in [0.25, 0.3) is 0 Å². The molecule has 1 aliphatic rings. The minimum Gasteiger partial charge on any atom is -0.497 e. The van der Waals surface area contributed by atoms with Crippen LogP contribution in [0.4, 0.5) is 17.1 Å². The first-order valence-electron chi connectivity index (χ1n) is 9.65. The number of hydrogen-bond donors (Lipinski definition) is 1. The quantitative estimate of drug-likeness (QED) is 0.347. The number of hydrogen-bond acceptors (Lipinski definition) is 7. The number of nitrogens with one attached hydrogen (secondary N) is 1. The summed E-state index contributed by atoms with van der Waals surface area (Å²) in [5.41, 5.74) is -0.159. The number of imide groups is 1. The van der Waals surface area contributed by atoms with Crippen molar-refractivity contribution in [2.45, 2.75) is 0 Å². The second-order valence-electron chi connectivity index (χ2n) is 6.97. The van der Waals surface area contributed by atoms with E-state index in [0.717, 1.165) is 4.90 Å². The Morgan fingerprint density at radius 3 is 2.42 bits per heavy atom. The highest BCUT2D eigenvalue weighted by Gasteiger charge is 2.41. The predicted molar refractivity (Wildman–Crippen MR) is 118 cm³/mol. The number of amides is 3. The highest BCUT2D eigenvalue weighted by Crippen LogP contribution is 2.34. The highest BCUT2D eigenvalue weighted by molar-refractivity contribution is 6.35. The zero-order chi connectivity index (χ0) is 23.7. The van der Waals surface area contributed by atoms with Crippen LogP contribution in [-0.4, -0.2) is 36.9 Å². The van der Waals surface area contributed by atoms with Gasteiger partial charge in [0, 0.05) is 17.7 Å². The van der Waals surface area contributed by atoms with E-state index in [9.17, 15) is 24.5 Å². The number of nitro benzene ring substituents is 1. The summed E-state index contributed by atoms with van der Waals surface area (Å²) in [6.45, 7) is 0. The van der Waals surface area contributed by atoms with Gasteiger partial charge in [-0.05, 0) is 36.4 Å². The average Bonchev–Trinajstić information content (AvgIpc) is 3.08. The lowest BCUT2D eigenvalue weighted by Crippen LogP contribution is -2.29. The summed E-state index contributed by atoms with van der Waals surface area (Å²) >= 11 is 0. The van der Waals surface area contributed by atoms with Gasteiger partial charge in [0.2, 0.25) is 0 Å². The third kappa shape index (κ3) is 3.74. The molecule has 0 fully saturated rings. The SMILES string of the molecule is COc1ccc(OC)c(NC(=O)c2cccc(N3C(=O)c4cccc([N+](=O)[O-])c4C3=O)c2)c1. The zero-order valence-electron chi connectivity index (χ0n) is 17.5. The van der Waals surface area contributed by atoms with E-state index in [1.54, 1.807) is 18.2 Å². The number of carbonyl (C=O) groups excluding carboxylic acids is 3. The number of carbonyl (C=O) groups is 3. The zero-order valence-corrected chi connectivity index (χ0v) is 17.5. The van der Waals surface area contributed by atoms with Gasteiger partial charge >= 0.3 is 0 Å². The first-order valence-corrected chi connectivity index (χ1v) is 9.65. The van der Waals surface area contributed by atoms with Gasteiger partial charge in [-0.25, -0.2) is 4.90 Å². The van der Waals surface area contributed by atoms with Crippen LogP contribution in [-0.2, 0) is 0 Å². The molecule has 3 aromatic carbocycles. The third-order valence-electron chi connectivity index (χ3n) is 5.11. The number of benzene rings is 3. The normalized spacial score (nSPS) is 12.4. The molecule has 0 radical (unpaired) electrons. The fourth-order valence-electron chi connectivity index (χ4n) is 3.55. The van der Waals surface area contributed by atoms with Gasteiger partial charge in [-0.1, -0.05) is 12.1 Å². The van der Waals surface area contributed by atoms with Crippen LogP contribution in [0.5, 0.6) is 11.5 Å². The first kappa shape index (κ1) is 21.5. The molecule has 33 heavy (non-hydrogen) atoms. The van der Waals surface area contributed by atoms with Crippen molar-refractivity contribution >= 4 is 34.8 Å². The Bertz CT molecular complexity index is 1320. The van der Waals surface area contributed by atoms with Gasteiger partial charge in [0.1, 0.15) is 17.1 Å². The molecule has 1 N–H and O–H groups in total. The molecule has 0 saturated carbocycles. The summed E-state index contributed by atoms with van der Waals surface area (Å²) in [5.74, 6) is -1.13. The number of nitrogens with zero attached hydrogens (tertiary/aromatic N) is 2. The summed E-state index contributed by atoms with van der Waals surface area (Å²) in [7, 11) is 2.95. The Labute approximate surface area is 187 Å². The van der Waals surface area contributed by atoms with Crippen molar-refractivity contribution in [2.75, 3.05) is 24.4 Å². The van der Waals surface area contributed by atoms with Gasteiger partial charge < -0.3 is 14.8 Å². The maximum atomic E-state index is 12.9. The lowest BCUT2D eigenvalue weighted by Gasteiger charge is -2.15. The molecule has 166 valence electrons. The molecule has 10 heteroatoms. The summed E-state index contributed by atoms with van der Waals surface area (Å²) < 4.78 is 10.4. The summed E-state index contributed by atoms with van der Waals surface area (Å²) in [6.07, 6.45) is 0. The smallest absolute Gasteiger partial charge is 0.283 e. The number of methoxy groups -OCH3 is 2. The number of anilines is 2. The molecule has 3 aromatic rings. The molecular formula is C23H17N3O7. The van der Waals surface area contributed by atoms with Crippen LogP contribution in [0.3, 0.4) is 0 Å². The van der Waals surface area contributed by atoms with Crippen molar-refractivity contribution < 1.29 is 28.8 Å². The molecule has 1 heterocycles. The molecule has 4 rings (SSSR count). The Hall–Kier alpha value is -4.73. The minimum absolute atomic E-state index is 0.0647. The van der Waals surface area contributed by atoms with Crippen LogP contribution in [0, 0.1) is 10.1 Å². The van der Waals surface area contributed by atoms with E-state index in [1.165, 1.54) is 56.7 Å². The third-order valence-corrected chi connectivity index (χ3v) is 5.11. The van der Waals surface area contributed by atoms with Crippen molar-refractivity contribution in [3.8, 4) is 11.5 Å². The fourth-order valence-corrected chi connectivity index (χ4v) is 3.55.